The molecule has 0 radical (unpaired) electrons. The van der Waals surface area contributed by atoms with Crippen LogP contribution >= 0.6 is 0 Å². The van der Waals surface area contributed by atoms with Gasteiger partial charge in [-0.15, -0.1) is 0 Å². The summed E-state index contributed by atoms with van der Waals surface area (Å²) in [4.78, 5) is 25.9. The molecule has 0 spiro atoms. The minimum Gasteiger partial charge on any atom is -0.383 e. The normalized spacial score (nSPS) is 10.5. The van der Waals surface area contributed by atoms with Crippen molar-refractivity contribution in [2.75, 3.05) is 5.73 Å². The number of nitrogens with two attached hydrogens (primary N) is 1. The molecular formula is C20H13N6O4+. The molecule has 0 aliphatic rings. The van der Waals surface area contributed by atoms with E-state index >= 15 is 0 Å². The second kappa shape index (κ2) is 7.33. The van der Waals surface area contributed by atoms with E-state index in [0.717, 1.165) is 5.56 Å². The molecule has 10 heteroatoms. The number of rotatable bonds is 4. The van der Waals surface area contributed by atoms with Crippen LogP contribution in [0.5, 0.6) is 0 Å². The number of anilines is 1. The highest BCUT2D eigenvalue weighted by Gasteiger charge is 2.16. The number of nitrogen functional groups attached to an aromatic ring is 1. The van der Waals surface area contributed by atoms with Gasteiger partial charge in [0.25, 0.3) is 11.9 Å². The van der Waals surface area contributed by atoms with E-state index < -0.39 is 10.5 Å². The molecule has 2 aromatic heterocycles. The number of H-pyrrole nitrogens is 1. The van der Waals surface area contributed by atoms with E-state index in [1.807, 2.05) is 6.07 Å². The summed E-state index contributed by atoms with van der Waals surface area (Å²) in [5, 5.41) is 22.9. The SMILES string of the molecule is N#Cc1c(-c2ccc([N+](=O)[O-])cc2)cc(-c2ccc(-[n+]3cc(=O)o[nH]3)cc2)nc1N. The van der Waals surface area contributed by atoms with Crippen LogP contribution in [-0.2, 0) is 0 Å². The Morgan fingerprint density at radius 3 is 2.37 bits per heavy atom. The average molecular weight is 401 g/mol. The van der Waals surface area contributed by atoms with E-state index in [-0.39, 0.29) is 17.1 Å². The van der Waals surface area contributed by atoms with Gasteiger partial charge in [0.2, 0.25) is 5.69 Å². The van der Waals surface area contributed by atoms with E-state index in [2.05, 4.69) is 14.8 Å². The highest BCUT2D eigenvalue weighted by molar-refractivity contribution is 5.80. The Labute approximate surface area is 168 Å². The first kappa shape index (κ1) is 18.6. The lowest BCUT2D eigenvalue weighted by atomic mass is 9.98. The summed E-state index contributed by atoms with van der Waals surface area (Å²) in [6, 6.07) is 16.7. The summed E-state index contributed by atoms with van der Waals surface area (Å²) in [7, 11) is 0. The highest BCUT2D eigenvalue weighted by Crippen LogP contribution is 2.32. The Hall–Kier alpha value is -4.78. The molecule has 0 bridgehead atoms. The van der Waals surface area contributed by atoms with Crippen molar-refractivity contribution in [3.8, 4) is 34.1 Å². The number of nitriles is 1. The summed E-state index contributed by atoms with van der Waals surface area (Å²) < 4.78 is 6.07. The van der Waals surface area contributed by atoms with Gasteiger partial charge in [0, 0.05) is 35.4 Å². The zero-order chi connectivity index (χ0) is 21.3. The van der Waals surface area contributed by atoms with Crippen LogP contribution in [-0.4, -0.2) is 15.2 Å². The van der Waals surface area contributed by atoms with Crippen molar-refractivity contribution in [1.82, 2.24) is 10.3 Å². The van der Waals surface area contributed by atoms with E-state index in [1.165, 1.54) is 23.0 Å². The minimum atomic E-state index is -0.506. The number of nitrogens with one attached hydrogen (secondary N) is 1. The van der Waals surface area contributed by atoms with Gasteiger partial charge in [-0.25, -0.2) is 9.78 Å². The van der Waals surface area contributed by atoms with E-state index in [0.29, 0.717) is 22.5 Å². The molecule has 0 aliphatic heterocycles. The number of aromatic nitrogens is 3. The number of non-ortho nitro benzene ring substituents is 1. The first-order valence-corrected chi connectivity index (χ1v) is 8.62. The summed E-state index contributed by atoms with van der Waals surface area (Å²) in [6.07, 6.45) is 1.26. The number of pyridine rings is 1. The zero-order valence-electron chi connectivity index (χ0n) is 15.3. The third kappa shape index (κ3) is 3.38. The van der Waals surface area contributed by atoms with Crippen LogP contribution in [0.4, 0.5) is 11.5 Å². The van der Waals surface area contributed by atoms with Gasteiger partial charge in [-0.3, -0.25) is 14.6 Å². The second-order valence-electron chi connectivity index (χ2n) is 6.29. The van der Waals surface area contributed by atoms with Gasteiger partial charge >= 0.3 is 5.63 Å². The zero-order valence-corrected chi connectivity index (χ0v) is 15.3. The fourth-order valence-corrected chi connectivity index (χ4v) is 2.99. The van der Waals surface area contributed by atoms with E-state index in [9.17, 15) is 20.2 Å². The lowest BCUT2D eigenvalue weighted by Gasteiger charge is -2.10. The Morgan fingerprint density at radius 1 is 1.13 bits per heavy atom. The summed E-state index contributed by atoms with van der Waals surface area (Å²) in [5.74, 6) is 0.0565. The van der Waals surface area contributed by atoms with Gasteiger partial charge in [-0.2, -0.15) is 5.26 Å². The number of hydrogen-bond acceptors (Lipinski definition) is 7. The molecule has 146 valence electrons. The van der Waals surface area contributed by atoms with Gasteiger partial charge in [-0.1, -0.05) is 0 Å². The fourth-order valence-electron chi connectivity index (χ4n) is 2.99. The Morgan fingerprint density at radius 2 is 1.80 bits per heavy atom. The summed E-state index contributed by atoms with van der Waals surface area (Å²) in [6.45, 7) is 0. The van der Waals surface area contributed by atoms with Crippen molar-refractivity contribution in [2.24, 2.45) is 0 Å². The monoisotopic (exact) mass is 401 g/mol. The van der Waals surface area contributed by atoms with Crippen molar-refractivity contribution >= 4 is 11.5 Å². The molecule has 0 amide bonds. The molecule has 0 saturated carbocycles. The van der Waals surface area contributed by atoms with E-state index in [1.54, 1.807) is 42.5 Å². The molecular weight excluding hydrogens is 388 g/mol. The Bertz CT molecular complexity index is 1350. The number of nitrogens with zero attached hydrogens (tertiary/aromatic N) is 4. The van der Waals surface area contributed by atoms with Crippen molar-refractivity contribution in [1.29, 1.82) is 5.26 Å². The molecule has 0 saturated heterocycles. The maximum atomic E-state index is 11.2. The maximum absolute atomic E-state index is 11.2. The quantitative estimate of drug-likeness (QED) is 0.302. The molecule has 2 heterocycles. The molecule has 0 fully saturated rings. The molecule has 10 nitrogen and oxygen atoms in total. The average Bonchev–Trinajstić information content (AvgIpc) is 3.19. The lowest BCUT2D eigenvalue weighted by molar-refractivity contribution is -0.670. The molecule has 0 unspecified atom stereocenters. The summed E-state index contributed by atoms with van der Waals surface area (Å²) >= 11 is 0. The third-order valence-corrected chi connectivity index (χ3v) is 4.47. The van der Waals surface area contributed by atoms with Crippen LogP contribution < -0.4 is 16.0 Å². The number of benzene rings is 2. The van der Waals surface area contributed by atoms with Gasteiger partial charge in [-0.05, 0) is 45.8 Å². The first-order chi connectivity index (χ1) is 14.5. The fraction of sp³-hybridized carbons (Fsp3) is 0. The lowest BCUT2D eigenvalue weighted by Crippen LogP contribution is -2.31. The van der Waals surface area contributed by atoms with Gasteiger partial charge in [0.1, 0.15) is 17.5 Å². The topological polar surface area (TPSA) is 156 Å². The molecule has 0 atom stereocenters. The molecule has 4 rings (SSSR count). The van der Waals surface area contributed by atoms with Crippen LogP contribution in [0.2, 0.25) is 0 Å². The standard InChI is InChI=1S/C20H12N6O4/c21-10-17-16(12-1-7-15(8-2-12)26(28)29)9-18(23-20(17)22)13-3-5-14(6-4-13)25-11-19(27)30-24-25/h1-9,11H,(H2-,22,23,24,27)/p+1. The molecule has 3 N–H and O–H groups in total. The van der Waals surface area contributed by atoms with Crippen LogP contribution in [0.3, 0.4) is 0 Å². The molecule has 4 aromatic rings. The predicted molar refractivity (Wildman–Crippen MR) is 105 cm³/mol. The van der Waals surface area contributed by atoms with E-state index in [4.69, 9.17) is 5.73 Å². The number of aromatic amines is 1. The van der Waals surface area contributed by atoms with Crippen LogP contribution in [0.1, 0.15) is 5.56 Å². The van der Waals surface area contributed by atoms with Gasteiger partial charge in [0.05, 0.1) is 10.6 Å². The van der Waals surface area contributed by atoms with Gasteiger partial charge in [0.15, 0.2) is 0 Å². The molecule has 30 heavy (non-hydrogen) atoms. The maximum Gasteiger partial charge on any atom is 0.427 e. The second-order valence-corrected chi connectivity index (χ2v) is 6.29. The predicted octanol–water partition coefficient (Wildman–Crippen LogP) is 2.34. The minimum absolute atomic E-state index is 0.0510. The third-order valence-electron chi connectivity index (χ3n) is 4.47. The summed E-state index contributed by atoms with van der Waals surface area (Å²) in [5.41, 5.74) is 8.69. The smallest absolute Gasteiger partial charge is 0.383 e. The molecule has 0 aliphatic carbocycles. The van der Waals surface area contributed by atoms with Gasteiger partial charge < -0.3 is 5.73 Å². The first-order valence-electron chi connectivity index (χ1n) is 8.62. The number of nitro benzene ring substituents is 1. The van der Waals surface area contributed by atoms with Crippen LogP contribution in [0, 0.1) is 21.4 Å². The van der Waals surface area contributed by atoms with Crippen molar-refractivity contribution in [3.05, 3.63) is 86.9 Å². The Balaban J connectivity index is 1.77. The number of hydrogen-bond donors (Lipinski definition) is 2. The Kier molecular flexibility index (Phi) is 4.54. The highest BCUT2D eigenvalue weighted by atomic mass is 16.6. The molecule has 2 aromatic carbocycles. The van der Waals surface area contributed by atoms with Crippen molar-refractivity contribution in [3.63, 3.8) is 0 Å². The van der Waals surface area contributed by atoms with Crippen LogP contribution in [0.25, 0.3) is 28.1 Å². The largest absolute Gasteiger partial charge is 0.427 e. The van der Waals surface area contributed by atoms with Crippen molar-refractivity contribution in [2.45, 2.75) is 0 Å². The van der Waals surface area contributed by atoms with Crippen molar-refractivity contribution < 1.29 is 14.1 Å². The van der Waals surface area contributed by atoms with Crippen LogP contribution in [0.15, 0.2) is 70.1 Å². The number of nitro groups is 1.